The summed E-state index contributed by atoms with van der Waals surface area (Å²) < 4.78 is 0. The second-order valence-electron chi connectivity index (χ2n) is 5.06. The maximum Gasteiger partial charge on any atom is 0.306 e. The Kier molecular flexibility index (Phi) is 3.99. The summed E-state index contributed by atoms with van der Waals surface area (Å²) in [7, 11) is 0. The lowest BCUT2D eigenvalue weighted by Crippen LogP contribution is -2.41. The van der Waals surface area contributed by atoms with Crippen molar-refractivity contribution in [3.05, 3.63) is 0 Å². The number of carbonyl (C=O) groups excluding carboxylic acids is 1. The van der Waals surface area contributed by atoms with Crippen LogP contribution in [0, 0.1) is 11.8 Å². The van der Waals surface area contributed by atoms with E-state index in [9.17, 15) is 9.59 Å². The van der Waals surface area contributed by atoms with Crippen LogP contribution in [0.25, 0.3) is 0 Å². The fraction of sp³-hybridized carbons (Fsp3) is 0.833. The summed E-state index contributed by atoms with van der Waals surface area (Å²) in [5, 5.41) is 12.1. The number of nitrogens with zero attached hydrogens (tertiary/aromatic N) is 1. The molecule has 2 aliphatic rings. The van der Waals surface area contributed by atoms with E-state index in [2.05, 4.69) is 5.32 Å². The highest BCUT2D eigenvalue weighted by Gasteiger charge is 2.28. The van der Waals surface area contributed by atoms with Gasteiger partial charge in [-0.3, -0.25) is 9.59 Å². The highest BCUT2D eigenvalue weighted by Crippen LogP contribution is 2.20. The van der Waals surface area contributed by atoms with Crippen LogP contribution in [-0.2, 0) is 9.59 Å². The summed E-state index contributed by atoms with van der Waals surface area (Å²) in [5.74, 6) is -0.313. The van der Waals surface area contributed by atoms with E-state index < -0.39 is 5.97 Å². The van der Waals surface area contributed by atoms with Gasteiger partial charge >= 0.3 is 5.97 Å². The number of carboxylic acids is 1. The molecule has 2 aliphatic heterocycles. The average Bonchev–Trinajstić information content (AvgIpc) is 2.82. The predicted molar refractivity (Wildman–Crippen MR) is 62.5 cm³/mol. The summed E-state index contributed by atoms with van der Waals surface area (Å²) in [6.45, 7) is 3.17. The molecule has 1 atom stereocenters. The van der Waals surface area contributed by atoms with Gasteiger partial charge in [0.05, 0.1) is 5.92 Å². The van der Waals surface area contributed by atoms with Gasteiger partial charge in [0.25, 0.3) is 0 Å². The molecule has 0 aliphatic carbocycles. The molecule has 0 aromatic carbocycles. The Balaban J connectivity index is 1.75. The van der Waals surface area contributed by atoms with Crippen LogP contribution >= 0.6 is 0 Å². The first-order chi connectivity index (χ1) is 8.16. The lowest BCUT2D eigenvalue weighted by atomic mass is 9.96. The first-order valence-electron chi connectivity index (χ1n) is 6.38. The molecule has 0 radical (unpaired) electrons. The Morgan fingerprint density at radius 1 is 1.24 bits per heavy atom. The van der Waals surface area contributed by atoms with E-state index >= 15 is 0 Å². The van der Waals surface area contributed by atoms with Crippen molar-refractivity contribution in [2.24, 2.45) is 11.8 Å². The number of nitrogens with one attached hydrogen (secondary N) is 1. The maximum atomic E-state index is 12.0. The highest BCUT2D eigenvalue weighted by molar-refractivity contribution is 5.77. The van der Waals surface area contributed by atoms with E-state index in [1.807, 2.05) is 4.90 Å². The van der Waals surface area contributed by atoms with Crippen LogP contribution in [0.15, 0.2) is 0 Å². The average molecular weight is 240 g/mol. The van der Waals surface area contributed by atoms with E-state index in [-0.39, 0.29) is 11.8 Å². The van der Waals surface area contributed by atoms with Crippen LogP contribution in [0.5, 0.6) is 0 Å². The Labute approximate surface area is 101 Å². The summed E-state index contributed by atoms with van der Waals surface area (Å²) in [6.07, 6.45) is 2.90. The number of hydrogen-bond acceptors (Lipinski definition) is 3. The summed E-state index contributed by atoms with van der Waals surface area (Å²) >= 11 is 0. The van der Waals surface area contributed by atoms with E-state index in [1.165, 1.54) is 0 Å². The fourth-order valence-electron chi connectivity index (χ4n) is 2.64. The highest BCUT2D eigenvalue weighted by atomic mass is 16.4. The van der Waals surface area contributed by atoms with Crippen molar-refractivity contribution in [1.82, 2.24) is 10.2 Å². The van der Waals surface area contributed by atoms with E-state index in [4.69, 9.17) is 5.11 Å². The Hall–Kier alpha value is -1.10. The lowest BCUT2D eigenvalue weighted by Gasteiger charge is -2.30. The van der Waals surface area contributed by atoms with E-state index in [1.54, 1.807) is 0 Å². The van der Waals surface area contributed by atoms with E-state index in [0.29, 0.717) is 38.3 Å². The van der Waals surface area contributed by atoms with Gasteiger partial charge < -0.3 is 15.3 Å². The van der Waals surface area contributed by atoms with Crippen molar-refractivity contribution < 1.29 is 14.7 Å². The van der Waals surface area contributed by atoms with Crippen molar-refractivity contribution in [2.45, 2.75) is 25.7 Å². The van der Waals surface area contributed by atoms with Gasteiger partial charge in [-0.25, -0.2) is 0 Å². The van der Waals surface area contributed by atoms with Crippen LogP contribution in [-0.4, -0.2) is 48.1 Å². The number of amides is 1. The van der Waals surface area contributed by atoms with Crippen molar-refractivity contribution >= 4 is 11.9 Å². The maximum absolute atomic E-state index is 12.0. The molecule has 1 amide bonds. The van der Waals surface area contributed by atoms with Crippen molar-refractivity contribution in [2.75, 3.05) is 26.2 Å². The molecule has 0 aromatic heterocycles. The molecular weight excluding hydrogens is 220 g/mol. The first kappa shape index (κ1) is 12.4. The Morgan fingerprint density at radius 2 is 1.94 bits per heavy atom. The lowest BCUT2D eigenvalue weighted by molar-refractivity contribution is -0.145. The van der Waals surface area contributed by atoms with Crippen LogP contribution in [0.3, 0.4) is 0 Å². The van der Waals surface area contributed by atoms with Gasteiger partial charge in [0.2, 0.25) is 5.91 Å². The van der Waals surface area contributed by atoms with Gasteiger partial charge in [-0.15, -0.1) is 0 Å². The van der Waals surface area contributed by atoms with Crippen molar-refractivity contribution in [3.63, 3.8) is 0 Å². The van der Waals surface area contributed by atoms with Gasteiger partial charge in [0.1, 0.15) is 0 Å². The largest absolute Gasteiger partial charge is 0.481 e. The number of aliphatic carboxylic acids is 1. The minimum Gasteiger partial charge on any atom is -0.481 e. The van der Waals surface area contributed by atoms with E-state index in [0.717, 1.165) is 19.5 Å². The van der Waals surface area contributed by atoms with Crippen molar-refractivity contribution in [1.29, 1.82) is 0 Å². The third-order valence-electron chi connectivity index (χ3n) is 3.82. The zero-order valence-electron chi connectivity index (χ0n) is 10.0. The predicted octanol–water partition coefficient (Wildman–Crippen LogP) is 0.309. The third-order valence-corrected chi connectivity index (χ3v) is 3.82. The quantitative estimate of drug-likeness (QED) is 0.745. The minimum absolute atomic E-state index is 0.197. The molecule has 5 nitrogen and oxygen atoms in total. The van der Waals surface area contributed by atoms with Crippen LogP contribution < -0.4 is 5.32 Å². The van der Waals surface area contributed by atoms with Gasteiger partial charge in [0, 0.05) is 19.5 Å². The third kappa shape index (κ3) is 3.19. The minimum atomic E-state index is -0.725. The molecule has 2 rings (SSSR count). The number of rotatable bonds is 3. The topological polar surface area (TPSA) is 69.6 Å². The number of likely N-dealkylation sites (tertiary alicyclic amines) is 1. The zero-order chi connectivity index (χ0) is 12.3. The fourth-order valence-corrected chi connectivity index (χ4v) is 2.64. The molecule has 0 bridgehead atoms. The molecule has 2 N–H and O–H groups in total. The normalized spacial score (nSPS) is 26.1. The molecule has 96 valence electrons. The summed E-state index contributed by atoms with van der Waals surface area (Å²) in [5.41, 5.74) is 0. The van der Waals surface area contributed by atoms with Gasteiger partial charge in [-0.1, -0.05) is 0 Å². The van der Waals surface area contributed by atoms with Crippen LogP contribution in [0.4, 0.5) is 0 Å². The molecule has 1 unspecified atom stereocenters. The molecule has 2 heterocycles. The molecule has 17 heavy (non-hydrogen) atoms. The second kappa shape index (κ2) is 5.49. The number of piperidine rings is 1. The zero-order valence-corrected chi connectivity index (χ0v) is 10.0. The Bertz CT molecular complexity index is 292. The summed E-state index contributed by atoms with van der Waals surface area (Å²) in [6, 6.07) is 0. The van der Waals surface area contributed by atoms with Crippen LogP contribution in [0.1, 0.15) is 25.7 Å². The molecule has 0 saturated carbocycles. The SMILES string of the molecule is O=C(O)C1CCN(C(=O)CC2CCNC2)CC1. The van der Waals surface area contributed by atoms with Crippen LogP contribution in [0.2, 0.25) is 0 Å². The van der Waals surface area contributed by atoms with Gasteiger partial charge in [-0.2, -0.15) is 0 Å². The molecule has 2 fully saturated rings. The smallest absolute Gasteiger partial charge is 0.306 e. The monoisotopic (exact) mass is 240 g/mol. The molecule has 2 saturated heterocycles. The molecular formula is C12H20N2O3. The number of carbonyl (C=O) groups is 2. The molecule has 0 spiro atoms. The number of carboxylic acid groups (broad SMARTS) is 1. The van der Waals surface area contributed by atoms with Gasteiger partial charge in [0.15, 0.2) is 0 Å². The number of hydrogen-bond donors (Lipinski definition) is 2. The summed E-state index contributed by atoms with van der Waals surface area (Å²) in [4.78, 5) is 24.6. The Morgan fingerprint density at radius 3 is 2.47 bits per heavy atom. The first-order valence-corrected chi connectivity index (χ1v) is 6.38. The van der Waals surface area contributed by atoms with Crippen molar-refractivity contribution in [3.8, 4) is 0 Å². The van der Waals surface area contributed by atoms with Gasteiger partial charge in [-0.05, 0) is 38.3 Å². The second-order valence-corrected chi connectivity index (χ2v) is 5.06. The standard InChI is InChI=1S/C12H20N2O3/c15-11(7-9-1-4-13-8-9)14-5-2-10(3-6-14)12(16)17/h9-10,13H,1-8H2,(H,16,17). The molecule has 5 heteroatoms. The molecule has 0 aromatic rings.